The van der Waals surface area contributed by atoms with Crippen molar-refractivity contribution in [1.82, 2.24) is 4.57 Å². The molecule has 39 heavy (non-hydrogen) atoms. The first kappa shape index (κ1) is 34.3. The van der Waals surface area contributed by atoms with Gasteiger partial charge in [-0.05, 0) is 0 Å². The summed E-state index contributed by atoms with van der Waals surface area (Å²) in [5.74, 6) is 0. The van der Waals surface area contributed by atoms with Gasteiger partial charge in [0.15, 0.2) is 0 Å². The molecule has 0 aliphatic rings. The van der Waals surface area contributed by atoms with Gasteiger partial charge in [0.2, 0.25) is 0 Å². The standard InChI is InChI=1S/C28H43NS2.6CH3.2Sn/c1-2-3-4-5-6-7-8-9-10-11-12-13-14-15-16-17-18-19-22-29-25-20-23-30-27(25)28-26(29)21-24-31-28;;;;;;;;/h20-21H,2-19,22H2,1H3;6*1H3;;. The van der Waals surface area contributed by atoms with Crippen molar-refractivity contribution in [3.8, 4) is 0 Å². The summed E-state index contributed by atoms with van der Waals surface area (Å²) >= 11 is 0.202. The monoisotopic (exact) mass is 787 g/mol. The van der Waals surface area contributed by atoms with Gasteiger partial charge in [-0.3, -0.25) is 0 Å². The normalized spacial score (nSPS) is 12.9. The van der Waals surface area contributed by atoms with E-state index in [2.05, 4.69) is 75.9 Å². The SMILES string of the molecule is CCCCCCCCCCCCCCCCCCCCn1c2c[c]([Sn]([CH3])([CH3])[CH3])sc2c2s[c]([Sn]([CH3])([CH3])[CH3])cc21. The molecule has 0 amide bonds. The maximum atomic E-state index is 2.73. The number of aryl methyl sites for hydroxylation is 1. The molecule has 3 rings (SSSR count). The number of nitrogens with zero attached hydrogens (tertiary/aromatic N) is 1. The van der Waals surface area contributed by atoms with E-state index in [-0.39, 0.29) is 0 Å². The zero-order valence-corrected chi connectivity index (χ0v) is 34.2. The third-order valence-electron chi connectivity index (χ3n) is 8.43. The first-order valence-electron chi connectivity index (χ1n) is 16.7. The van der Waals surface area contributed by atoms with Crippen molar-refractivity contribution >= 4 is 85.6 Å². The van der Waals surface area contributed by atoms with E-state index >= 15 is 0 Å². The second-order valence-electron chi connectivity index (χ2n) is 14.3. The summed E-state index contributed by atoms with van der Waals surface area (Å²) in [7, 11) is 0. The van der Waals surface area contributed by atoms with Crippen LogP contribution in [-0.4, -0.2) is 41.3 Å². The maximum absolute atomic E-state index is 2.73. The van der Waals surface area contributed by atoms with Gasteiger partial charge in [0.25, 0.3) is 0 Å². The fourth-order valence-corrected chi connectivity index (χ4v) is 18.6. The Bertz CT molecular complexity index is 1030. The third kappa shape index (κ3) is 11.1. The number of hydrogen-bond acceptors (Lipinski definition) is 2. The Hall–Kier alpha value is 0.797. The molecule has 0 aliphatic carbocycles. The van der Waals surface area contributed by atoms with E-state index in [4.69, 9.17) is 0 Å². The molecule has 5 heteroatoms. The van der Waals surface area contributed by atoms with E-state index < -0.39 is 36.8 Å². The fraction of sp³-hybridized carbons (Fsp3) is 0.765. The van der Waals surface area contributed by atoms with Gasteiger partial charge in [-0.1, -0.05) is 77.6 Å². The van der Waals surface area contributed by atoms with Crippen LogP contribution >= 0.6 is 22.7 Å². The van der Waals surface area contributed by atoms with Crippen molar-refractivity contribution < 1.29 is 0 Å². The van der Waals surface area contributed by atoms with Crippen molar-refractivity contribution in [2.24, 2.45) is 0 Å². The van der Waals surface area contributed by atoms with E-state index in [0.29, 0.717) is 0 Å². The van der Waals surface area contributed by atoms with E-state index in [1.54, 1.807) is 26.2 Å². The van der Waals surface area contributed by atoms with Crippen molar-refractivity contribution in [2.75, 3.05) is 0 Å². The van der Waals surface area contributed by atoms with Crippen LogP contribution in [0.15, 0.2) is 12.1 Å². The number of hydrogen-bond donors (Lipinski definition) is 0. The molecule has 0 saturated carbocycles. The minimum absolute atomic E-state index is 1.21. The van der Waals surface area contributed by atoms with Gasteiger partial charge >= 0.3 is 183 Å². The van der Waals surface area contributed by atoms with Crippen LogP contribution in [0.25, 0.3) is 20.4 Å². The first-order valence-corrected chi connectivity index (χ1v) is 38.3. The molecule has 0 radical (unpaired) electrons. The van der Waals surface area contributed by atoms with Gasteiger partial charge in [-0.2, -0.15) is 0 Å². The van der Waals surface area contributed by atoms with Crippen LogP contribution < -0.4 is 5.79 Å². The molecular formula is C34H61NS2Sn2. The van der Waals surface area contributed by atoms with Crippen LogP contribution in [0.3, 0.4) is 0 Å². The molecule has 0 aromatic carbocycles. The summed E-state index contributed by atoms with van der Waals surface area (Å²) in [6, 6.07) is 5.22. The zero-order valence-electron chi connectivity index (χ0n) is 26.9. The van der Waals surface area contributed by atoms with E-state index in [9.17, 15) is 0 Å². The van der Waals surface area contributed by atoms with Crippen molar-refractivity contribution in [2.45, 2.75) is 159 Å². The summed E-state index contributed by atoms with van der Waals surface area (Å²) in [5, 5.41) is 0. The molecule has 0 unspecified atom stereocenters. The molecular weight excluding hydrogens is 724 g/mol. The molecule has 0 bridgehead atoms. The molecule has 3 aromatic rings. The van der Waals surface area contributed by atoms with Gasteiger partial charge in [0.1, 0.15) is 0 Å². The van der Waals surface area contributed by atoms with Crippen molar-refractivity contribution in [3.05, 3.63) is 12.1 Å². The number of thiophene rings is 2. The van der Waals surface area contributed by atoms with Crippen molar-refractivity contribution in [1.29, 1.82) is 0 Å². The molecule has 3 aromatic heterocycles. The zero-order chi connectivity index (χ0) is 28.3. The summed E-state index contributed by atoms with van der Waals surface area (Å²) < 4.78 is 9.45. The molecule has 0 aliphatic heterocycles. The van der Waals surface area contributed by atoms with Gasteiger partial charge in [0.05, 0.1) is 0 Å². The van der Waals surface area contributed by atoms with Gasteiger partial charge < -0.3 is 0 Å². The summed E-state index contributed by atoms with van der Waals surface area (Å²) in [6.07, 6.45) is 26.0. The average molecular weight is 785 g/mol. The van der Waals surface area contributed by atoms with E-state index in [0.717, 1.165) is 0 Å². The van der Waals surface area contributed by atoms with Crippen LogP contribution in [0, 0.1) is 0 Å². The fourth-order valence-electron chi connectivity index (χ4n) is 5.77. The second-order valence-corrected chi connectivity index (χ2v) is 47.2. The number of rotatable bonds is 21. The Morgan fingerprint density at radius 1 is 0.487 bits per heavy atom. The molecule has 0 saturated heterocycles. The van der Waals surface area contributed by atoms with Gasteiger partial charge in [0, 0.05) is 0 Å². The quantitative estimate of drug-likeness (QED) is 0.0749. The summed E-state index contributed by atoms with van der Waals surface area (Å²) in [5.41, 5.74) is 3.12. The Morgan fingerprint density at radius 2 is 0.795 bits per heavy atom. The topological polar surface area (TPSA) is 4.93 Å². The van der Waals surface area contributed by atoms with E-state index in [1.165, 1.54) is 122 Å². The Balaban J connectivity index is 1.32. The predicted molar refractivity (Wildman–Crippen MR) is 190 cm³/mol. The Labute approximate surface area is 258 Å². The van der Waals surface area contributed by atoms with E-state index in [1.807, 2.05) is 0 Å². The minimum atomic E-state index is -2.05. The third-order valence-corrected chi connectivity index (χ3v) is 29.7. The van der Waals surface area contributed by atoms with Crippen LogP contribution in [0.4, 0.5) is 0 Å². The number of fused-ring (bicyclic) bond motifs is 3. The molecule has 0 N–H and O–H groups in total. The van der Waals surface area contributed by atoms with Crippen LogP contribution in [0.1, 0.15) is 122 Å². The molecule has 0 spiro atoms. The molecule has 3 heterocycles. The Kier molecular flexibility index (Phi) is 15.1. The predicted octanol–water partition coefficient (Wildman–Crippen LogP) is 12.0. The van der Waals surface area contributed by atoms with Crippen LogP contribution in [0.2, 0.25) is 29.6 Å². The number of unbranched alkanes of at least 4 members (excludes halogenated alkanes) is 17. The first-order chi connectivity index (χ1) is 18.6. The molecule has 1 nitrogen and oxygen atoms in total. The second kappa shape index (κ2) is 17.2. The molecule has 0 atom stereocenters. The Morgan fingerprint density at radius 3 is 1.10 bits per heavy atom. The molecule has 222 valence electrons. The van der Waals surface area contributed by atoms with Crippen LogP contribution in [0.5, 0.6) is 0 Å². The molecule has 0 fully saturated rings. The van der Waals surface area contributed by atoms with Crippen LogP contribution in [-0.2, 0) is 6.54 Å². The van der Waals surface area contributed by atoms with Gasteiger partial charge in [-0.15, -0.1) is 0 Å². The average Bonchev–Trinajstić information content (AvgIpc) is 3.55. The van der Waals surface area contributed by atoms with Crippen molar-refractivity contribution in [3.63, 3.8) is 0 Å². The number of aromatic nitrogens is 1. The summed E-state index contributed by atoms with van der Waals surface area (Å²) in [4.78, 5) is 15.4. The summed E-state index contributed by atoms with van der Waals surface area (Å²) in [6.45, 7) is 3.52. The van der Waals surface area contributed by atoms with Gasteiger partial charge in [-0.25, -0.2) is 0 Å².